The van der Waals surface area contributed by atoms with Crippen molar-refractivity contribution in [3.8, 4) is 5.69 Å². The lowest BCUT2D eigenvalue weighted by molar-refractivity contribution is 0.514. The Bertz CT molecular complexity index is 690. The van der Waals surface area contributed by atoms with E-state index in [1.807, 2.05) is 13.8 Å². The Morgan fingerprint density at radius 2 is 2.05 bits per heavy atom. The molecular weight excluding hydrogens is 281 g/mol. The number of hydrogen-bond acceptors (Lipinski definition) is 2. The van der Waals surface area contributed by atoms with Gasteiger partial charge in [-0.25, -0.2) is 9.07 Å². The molecule has 4 nitrogen and oxygen atoms in total. The first-order valence-electron chi connectivity index (χ1n) is 6.56. The summed E-state index contributed by atoms with van der Waals surface area (Å²) in [5.41, 5.74) is 6.97. The highest BCUT2D eigenvalue weighted by Gasteiger charge is 2.17. The molecule has 0 bridgehead atoms. The maximum absolute atomic E-state index is 13.6. The largest absolute Gasteiger partial charge is 0.393 e. The number of nitrogen functional groups attached to an aromatic ring is 1. The summed E-state index contributed by atoms with van der Waals surface area (Å²) in [6.07, 6.45) is 1.49. The number of anilines is 1. The summed E-state index contributed by atoms with van der Waals surface area (Å²) in [5, 5.41) is 0.0269. The van der Waals surface area contributed by atoms with E-state index in [0.717, 1.165) is 12.1 Å². The Balaban J connectivity index is 2.72. The van der Waals surface area contributed by atoms with Gasteiger partial charge in [0.05, 0.1) is 16.4 Å². The van der Waals surface area contributed by atoms with Gasteiger partial charge in [0.15, 0.2) is 0 Å². The summed E-state index contributed by atoms with van der Waals surface area (Å²) in [7, 11) is 0. The molecule has 20 heavy (non-hydrogen) atoms. The van der Waals surface area contributed by atoms with Crippen molar-refractivity contribution < 1.29 is 4.39 Å². The quantitative estimate of drug-likeness (QED) is 0.943. The molecule has 0 radical (unpaired) electrons. The molecule has 0 saturated carbocycles. The van der Waals surface area contributed by atoms with Gasteiger partial charge in [-0.3, -0.25) is 9.48 Å². The summed E-state index contributed by atoms with van der Waals surface area (Å²) in [6, 6.07) is 4.29. The summed E-state index contributed by atoms with van der Waals surface area (Å²) in [4.78, 5) is 12.3. The molecule has 0 aliphatic carbocycles. The van der Waals surface area contributed by atoms with Crippen molar-refractivity contribution in [1.82, 2.24) is 9.36 Å². The molecule has 2 aromatic rings. The van der Waals surface area contributed by atoms with Crippen molar-refractivity contribution in [3.63, 3.8) is 0 Å². The first-order valence-corrected chi connectivity index (χ1v) is 6.94. The summed E-state index contributed by atoms with van der Waals surface area (Å²) in [6.45, 7) is 4.58. The third-order valence-corrected chi connectivity index (χ3v) is 3.51. The second-order valence-electron chi connectivity index (χ2n) is 4.55. The average molecular weight is 298 g/mol. The molecule has 0 aliphatic heterocycles. The van der Waals surface area contributed by atoms with E-state index in [1.54, 1.807) is 10.7 Å². The van der Waals surface area contributed by atoms with Crippen LogP contribution in [0.2, 0.25) is 5.02 Å². The SMILES string of the molecule is CCCn1c(CC)c(N)c(=O)n1-c1ccc(Cl)c(F)c1. The molecule has 2 N–H and O–H groups in total. The van der Waals surface area contributed by atoms with Crippen LogP contribution in [0.15, 0.2) is 23.0 Å². The molecule has 108 valence electrons. The Hall–Kier alpha value is -1.75. The minimum atomic E-state index is -0.558. The molecule has 0 atom stereocenters. The number of nitrogens with two attached hydrogens (primary N) is 1. The molecule has 0 amide bonds. The van der Waals surface area contributed by atoms with Gasteiger partial charge < -0.3 is 5.73 Å². The molecule has 0 fully saturated rings. The number of aromatic nitrogens is 2. The minimum Gasteiger partial charge on any atom is -0.393 e. The van der Waals surface area contributed by atoms with E-state index in [-0.39, 0.29) is 16.3 Å². The van der Waals surface area contributed by atoms with Crippen molar-refractivity contribution in [2.24, 2.45) is 0 Å². The fourth-order valence-corrected chi connectivity index (χ4v) is 2.42. The van der Waals surface area contributed by atoms with Crippen LogP contribution in [0.5, 0.6) is 0 Å². The smallest absolute Gasteiger partial charge is 0.294 e. The standard InChI is InChI=1S/C14H17ClFN3O/c1-3-7-18-12(4-2)13(17)14(20)19(18)9-5-6-10(15)11(16)8-9/h5-6,8H,3-4,7,17H2,1-2H3. The minimum absolute atomic E-state index is 0.0269. The van der Waals surface area contributed by atoms with E-state index < -0.39 is 5.82 Å². The maximum atomic E-state index is 13.6. The van der Waals surface area contributed by atoms with E-state index >= 15 is 0 Å². The second-order valence-corrected chi connectivity index (χ2v) is 4.96. The van der Waals surface area contributed by atoms with Crippen LogP contribution in [0.25, 0.3) is 5.69 Å². The number of benzene rings is 1. The topological polar surface area (TPSA) is 52.9 Å². The number of nitrogens with zero attached hydrogens (tertiary/aromatic N) is 2. The van der Waals surface area contributed by atoms with Gasteiger partial charge in [-0.15, -0.1) is 0 Å². The predicted molar refractivity (Wildman–Crippen MR) is 79.1 cm³/mol. The molecular formula is C14H17ClFN3O. The Labute approximate surface area is 121 Å². The highest BCUT2D eigenvalue weighted by Crippen LogP contribution is 2.20. The van der Waals surface area contributed by atoms with E-state index in [9.17, 15) is 9.18 Å². The zero-order chi connectivity index (χ0) is 14.9. The van der Waals surface area contributed by atoms with Crippen LogP contribution >= 0.6 is 11.6 Å². The van der Waals surface area contributed by atoms with E-state index in [1.165, 1.54) is 16.8 Å². The summed E-state index contributed by atoms with van der Waals surface area (Å²) < 4.78 is 16.8. The van der Waals surface area contributed by atoms with Gasteiger partial charge >= 0.3 is 0 Å². The van der Waals surface area contributed by atoms with Gasteiger partial charge in [0, 0.05) is 12.6 Å². The molecule has 0 unspecified atom stereocenters. The van der Waals surface area contributed by atoms with Crippen LogP contribution < -0.4 is 11.3 Å². The summed E-state index contributed by atoms with van der Waals surface area (Å²) in [5.74, 6) is -0.558. The number of hydrogen-bond donors (Lipinski definition) is 1. The van der Waals surface area contributed by atoms with Crippen LogP contribution in [0, 0.1) is 5.82 Å². The lowest BCUT2D eigenvalue weighted by Crippen LogP contribution is -2.22. The van der Waals surface area contributed by atoms with Gasteiger partial charge in [0.1, 0.15) is 11.5 Å². The second kappa shape index (κ2) is 5.71. The zero-order valence-electron chi connectivity index (χ0n) is 11.5. The van der Waals surface area contributed by atoms with E-state index in [4.69, 9.17) is 17.3 Å². The van der Waals surface area contributed by atoms with Crippen molar-refractivity contribution in [1.29, 1.82) is 0 Å². The number of rotatable bonds is 4. The predicted octanol–water partition coefficient (Wildman–Crippen LogP) is 2.99. The van der Waals surface area contributed by atoms with Crippen LogP contribution in [0.1, 0.15) is 26.0 Å². The van der Waals surface area contributed by atoms with Crippen molar-refractivity contribution in [2.45, 2.75) is 33.2 Å². The Kier molecular flexibility index (Phi) is 4.18. The van der Waals surface area contributed by atoms with Gasteiger partial charge in [0.25, 0.3) is 5.56 Å². The fourth-order valence-electron chi connectivity index (χ4n) is 2.30. The van der Waals surface area contributed by atoms with Crippen molar-refractivity contribution in [3.05, 3.63) is 45.1 Å². The normalized spacial score (nSPS) is 11.0. The third-order valence-electron chi connectivity index (χ3n) is 3.20. The van der Waals surface area contributed by atoms with Crippen LogP contribution in [-0.4, -0.2) is 9.36 Å². The van der Waals surface area contributed by atoms with Crippen molar-refractivity contribution in [2.75, 3.05) is 5.73 Å². The van der Waals surface area contributed by atoms with Gasteiger partial charge in [-0.05, 0) is 25.0 Å². The third kappa shape index (κ3) is 2.33. The van der Waals surface area contributed by atoms with E-state index in [2.05, 4.69) is 0 Å². The average Bonchev–Trinajstić information content (AvgIpc) is 2.65. The molecule has 2 rings (SSSR count). The Morgan fingerprint density at radius 3 is 2.60 bits per heavy atom. The van der Waals surface area contributed by atoms with Gasteiger partial charge in [-0.1, -0.05) is 25.4 Å². The first kappa shape index (κ1) is 14.7. The molecule has 1 aromatic heterocycles. The monoisotopic (exact) mass is 297 g/mol. The van der Waals surface area contributed by atoms with Crippen molar-refractivity contribution >= 4 is 17.3 Å². The lowest BCUT2D eigenvalue weighted by atomic mass is 10.3. The summed E-state index contributed by atoms with van der Waals surface area (Å²) >= 11 is 5.68. The molecule has 1 heterocycles. The fraction of sp³-hybridized carbons (Fsp3) is 0.357. The van der Waals surface area contributed by atoms with Crippen LogP contribution in [0.3, 0.4) is 0 Å². The first-order chi connectivity index (χ1) is 9.51. The Morgan fingerprint density at radius 1 is 1.35 bits per heavy atom. The molecule has 1 aromatic carbocycles. The van der Waals surface area contributed by atoms with Crippen LogP contribution in [0.4, 0.5) is 10.1 Å². The molecule has 0 spiro atoms. The lowest BCUT2D eigenvalue weighted by Gasteiger charge is -2.13. The molecule has 0 saturated heterocycles. The van der Waals surface area contributed by atoms with E-state index in [0.29, 0.717) is 18.7 Å². The molecule has 6 heteroatoms. The highest BCUT2D eigenvalue weighted by molar-refractivity contribution is 6.30. The molecule has 0 aliphatic rings. The maximum Gasteiger partial charge on any atom is 0.294 e. The number of halogens is 2. The highest BCUT2D eigenvalue weighted by atomic mass is 35.5. The van der Waals surface area contributed by atoms with Crippen LogP contribution in [-0.2, 0) is 13.0 Å². The van der Waals surface area contributed by atoms with Gasteiger partial charge in [-0.2, -0.15) is 0 Å². The van der Waals surface area contributed by atoms with Gasteiger partial charge in [0.2, 0.25) is 0 Å². The zero-order valence-corrected chi connectivity index (χ0v) is 12.2.